The van der Waals surface area contributed by atoms with Crippen LogP contribution in [0.3, 0.4) is 0 Å². The lowest BCUT2D eigenvalue weighted by molar-refractivity contribution is -0.0313. The molecule has 1 aromatic carbocycles. The number of nitrogens with one attached hydrogen (secondary N) is 1. The SMILES string of the molecule is Fc1cccc(Nc2ncnc3c2nc(I)n3C2CCCCO2)c1. The maximum atomic E-state index is 13.4. The lowest BCUT2D eigenvalue weighted by Gasteiger charge is -2.24. The average Bonchev–Trinajstić information content (AvgIpc) is 2.93. The van der Waals surface area contributed by atoms with Gasteiger partial charge in [0.15, 0.2) is 20.8 Å². The first-order valence-electron chi connectivity index (χ1n) is 7.75. The maximum absolute atomic E-state index is 13.4. The average molecular weight is 439 g/mol. The number of benzene rings is 1. The molecular formula is C16H15FIN5O. The summed E-state index contributed by atoms with van der Waals surface area (Å²) in [5, 5.41) is 3.12. The fraction of sp³-hybridized carbons (Fsp3) is 0.312. The molecule has 6 nitrogen and oxygen atoms in total. The molecule has 4 rings (SSSR count). The van der Waals surface area contributed by atoms with Crippen LogP contribution < -0.4 is 5.32 Å². The van der Waals surface area contributed by atoms with Gasteiger partial charge in [-0.2, -0.15) is 0 Å². The van der Waals surface area contributed by atoms with Crippen molar-refractivity contribution in [1.29, 1.82) is 0 Å². The normalized spacial score (nSPS) is 18.0. The van der Waals surface area contributed by atoms with Gasteiger partial charge in [-0.15, -0.1) is 0 Å². The molecule has 1 aliphatic rings. The predicted molar refractivity (Wildman–Crippen MR) is 96.6 cm³/mol. The van der Waals surface area contributed by atoms with Gasteiger partial charge in [-0.1, -0.05) is 6.07 Å². The number of aromatic nitrogens is 4. The molecule has 8 heteroatoms. The van der Waals surface area contributed by atoms with Crippen LogP contribution in [-0.2, 0) is 4.74 Å². The minimum absolute atomic E-state index is 0.0485. The van der Waals surface area contributed by atoms with Crippen molar-refractivity contribution in [3.05, 3.63) is 40.2 Å². The van der Waals surface area contributed by atoms with E-state index in [4.69, 9.17) is 4.74 Å². The van der Waals surface area contributed by atoms with E-state index in [0.717, 1.165) is 35.3 Å². The minimum Gasteiger partial charge on any atom is -0.358 e. The third-order valence-corrected chi connectivity index (χ3v) is 4.73. The third-order valence-electron chi connectivity index (χ3n) is 3.96. The summed E-state index contributed by atoms with van der Waals surface area (Å²) in [7, 11) is 0. The summed E-state index contributed by atoms with van der Waals surface area (Å²) < 4.78 is 22.1. The van der Waals surface area contributed by atoms with E-state index < -0.39 is 0 Å². The molecule has 0 aliphatic carbocycles. The Hall–Kier alpha value is -1.81. The smallest absolute Gasteiger partial charge is 0.175 e. The first-order chi connectivity index (χ1) is 11.7. The molecule has 1 aliphatic heterocycles. The number of fused-ring (bicyclic) bond motifs is 1. The number of hydrogen-bond donors (Lipinski definition) is 1. The first-order valence-corrected chi connectivity index (χ1v) is 8.83. The molecule has 2 aromatic heterocycles. The highest BCUT2D eigenvalue weighted by Gasteiger charge is 2.23. The minimum atomic E-state index is -0.305. The van der Waals surface area contributed by atoms with Gasteiger partial charge in [-0.05, 0) is 37.5 Å². The fourth-order valence-electron chi connectivity index (χ4n) is 2.86. The van der Waals surface area contributed by atoms with Gasteiger partial charge in [0.1, 0.15) is 18.4 Å². The molecule has 0 spiro atoms. The van der Waals surface area contributed by atoms with Gasteiger partial charge in [0.05, 0.1) is 0 Å². The number of rotatable bonds is 3. The number of halogens is 2. The summed E-state index contributed by atoms with van der Waals surface area (Å²) in [5.74, 6) is 0.249. The molecule has 1 unspecified atom stereocenters. The van der Waals surface area contributed by atoms with Gasteiger partial charge in [0.25, 0.3) is 0 Å². The van der Waals surface area contributed by atoms with E-state index >= 15 is 0 Å². The lowest BCUT2D eigenvalue weighted by atomic mass is 10.2. The zero-order chi connectivity index (χ0) is 16.5. The summed E-state index contributed by atoms with van der Waals surface area (Å²) >= 11 is 2.19. The van der Waals surface area contributed by atoms with Gasteiger partial charge < -0.3 is 10.1 Å². The molecule has 1 N–H and O–H groups in total. The largest absolute Gasteiger partial charge is 0.358 e. The lowest BCUT2D eigenvalue weighted by Crippen LogP contribution is -2.19. The van der Waals surface area contributed by atoms with E-state index in [-0.39, 0.29) is 12.0 Å². The standard InChI is InChI=1S/C16H15FIN5O/c17-10-4-3-5-11(8-10)21-14-13-15(20-9-19-14)23(16(18)22-13)12-6-1-2-7-24-12/h3-5,8-9,12H,1-2,6-7H2,(H,19,20,21). The highest BCUT2D eigenvalue weighted by molar-refractivity contribution is 14.1. The van der Waals surface area contributed by atoms with E-state index in [1.54, 1.807) is 12.1 Å². The zero-order valence-corrected chi connectivity index (χ0v) is 14.9. The number of ether oxygens (including phenoxy) is 1. The Kier molecular flexibility index (Phi) is 4.31. The summed E-state index contributed by atoms with van der Waals surface area (Å²) in [6.07, 6.45) is 4.59. The number of nitrogens with zero attached hydrogens (tertiary/aromatic N) is 4. The van der Waals surface area contributed by atoms with Crippen molar-refractivity contribution in [2.75, 3.05) is 11.9 Å². The molecule has 3 heterocycles. The van der Waals surface area contributed by atoms with Crippen LogP contribution >= 0.6 is 22.6 Å². The number of imidazole rings is 1. The summed E-state index contributed by atoms with van der Waals surface area (Å²) in [4.78, 5) is 13.2. The molecule has 0 saturated carbocycles. The second-order valence-electron chi connectivity index (χ2n) is 5.60. The molecule has 0 radical (unpaired) electrons. The van der Waals surface area contributed by atoms with Crippen LogP contribution in [0.15, 0.2) is 30.6 Å². The monoisotopic (exact) mass is 439 g/mol. The Labute approximate surface area is 151 Å². The van der Waals surface area contributed by atoms with Crippen LogP contribution in [0.5, 0.6) is 0 Å². The van der Waals surface area contributed by atoms with Crippen molar-refractivity contribution in [2.45, 2.75) is 25.5 Å². The van der Waals surface area contributed by atoms with Crippen LogP contribution in [-0.4, -0.2) is 26.1 Å². The van der Waals surface area contributed by atoms with Crippen LogP contribution in [0.25, 0.3) is 11.2 Å². The zero-order valence-electron chi connectivity index (χ0n) is 12.7. The van der Waals surface area contributed by atoms with Crippen molar-refractivity contribution in [3.63, 3.8) is 0 Å². The van der Waals surface area contributed by atoms with Crippen LogP contribution in [0, 0.1) is 9.65 Å². The van der Waals surface area contributed by atoms with E-state index in [1.165, 1.54) is 18.5 Å². The quantitative estimate of drug-likeness (QED) is 0.494. The Morgan fingerprint density at radius 3 is 3.00 bits per heavy atom. The molecule has 24 heavy (non-hydrogen) atoms. The Morgan fingerprint density at radius 2 is 2.21 bits per heavy atom. The summed E-state index contributed by atoms with van der Waals surface area (Å²) in [5.41, 5.74) is 1.99. The van der Waals surface area contributed by atoms with Crippen molar-refractivity contribution >= 4 is 45.3 Å². The van der Waals surface area contributed by atoms with Gasteiger partial charge >= 0.3 is 0 Å². The van der Waals surface area contributed by atoms with Crippen molar-refractivity contribution in [1.82, 2.24) is 19.5 Å². The molecule has 1 fully saturated rings. The van der Waals surface area contributed by atoms with E-state index in [9.17, 15) is 4.39 Å². The van der Waals surface area contributed by atoms with Gasteiger partial charge in [-0.25, -0.2) is 19.3 Å². The van der Waals surface area contributed by atoms with E-state index in [0.29, 0.717) is 17.0 Å². The van der Waals surface area contributed by atoms with Crippen molar-refractivity contribution in [3.8, 4) is 0 Å². The van der Waals surface area contributed by atoms with Crippen molar-refractivity contribution in [2.24, 2.45) is 0 Å². The molecular weight excluding hydrogens is 424 g/mol. The predicted octanol–water partition coefficient (Wildman–Crippen LogP) is 4.01. The summed E-state index contributed by atoms with van der Waals surface area (Å²) in [6, 6.07) is 6.25. The molecule has 0 amide bonds. The van der Waals surface area contributed by atoms with E-state index in [2.05, 4.69) is 42.9 Å². The number of anilines is 2. The fourth-order valence-corrected chi connectivity index (χ4v) is 3.64. The van der Waals surface area contributed by atoms with Gasteiger partial charge in [0.2, 0.25) is 0 Å². The van der Waals surface area contributed by atoms with Crippen molar-refractivity contribution < 1.29 is 9.13 Å². The highest BCUT2D eigenvalue weighted by atomic mass is 127. The third kappa shape index (κ3) is 2.95. The second kappa shape index (κ2) is 6.60. The van der Waals surface area contributed by atoms with Gasteiger partial charge in [-0.3, -0.25) is 4.57 Å². The Bertz CT molecular complexity index is 878. The Morgan fingerprint density at radius 1 is 1.29 bits per heavy atom. The van der Waals surface area contributed by atoms with E-state index in [1.807, 2.05) is 4.57 Å². The summed E-state index contributed by atoms with van der Waals surface area (Å²) in [6.45, 7) is 0.750. The molecule has 0 bridgehead atoms. The molecule has 1 saturated heterocycles. The van der Waals surface area contributed by atoms with Crippen LogP contribution in [0.2, 0.25) is 0 Å². The first kappa shape index (κ1) is 15.7. The second-order valence-corrected chi connectivity index (χ2v) is 6.57. The highest BCUT2D eigenvalue weighted by Crippen LogP contribution is 2.31. The van der Waals surface area contributed by atoms with Gasteiger partial charge in [0, 0.05) is 34.9 Å². The van der Waals surface area contributed by atoms with Crippen LogP contribution in [0.1, 0.15) is 25.5 Å². The topological polar surface area (TPSA) is 64.9 Å². The molecule has 3 aromatic rings. The number of hydrogen-bond acceptors (Lipinski definition) is 5. The maximum Gasteiger partial charge on any atom is 0.175 e. The molecule has 124 valence electrons. The molecule has 1 atom stereocenters. The Balaban J connectivity index is 1.75. The van der Waals surface area contributed by atoms with Crippen LogP contribution in [0.4, 0.5) is 15.9 Å².